The van der Waals surface area contributed by atoms with Gasteiger partial charge in [0.15, 0.2) is 0 Å². The molecule has 0 aromatic carbocycles. The molecule has 0 aliphatic rings. The first-order chi connectivity index (χ1) is 5.63. The molecular formula is C5H14N2O4. The second-order valence-electron chi connectivity index (χ2n) is 2.19. The van der Waals surface area contributed by atoms with Gasteiger partial charge in [-0.15, -0.1) is 0 Å². The van der Waals surface area contributed by atoms with E-state index in [9.17, 15) is 0 Å². The zero-order valence-electron chi connectivity index (χ0n) is 6.94. The lowest BCUT2D eigenvalue weighted by Crippen LogP contribution is -2.46. The summed E-state index contributed by atoms with van der Waals surface area (Å²) in [6.07, 6.45) is -4.02. The van der Waals surface area contributed by atoms with Crippen LogP contribution >= 0.6 is 0 Å². The van der Waals surface area contributed by atoms with Gasteiger partial charge >= 0.3 is 0 Å². The number of aliphatic hydroxyl groups excluding tert-OH is 4. The summed E-state index contributed by atoms with van der Waals surface area (Å²) < 4.78 is 6.42. The summed E-state index contributed by atoms with van der Waals surface area (Å²) in [4.78, 5) is 0. The maximum Gasteiger partial charge on any atom is 0.137 e. The normalized spacial score (nSPS) is 20.5. The van der Waals surface area contributed by atoms with Gasteiger partial charge in [0, 0.05) is 6.54 Å². The SMILES string of the molecule is [2H]NNC[C@@H](O)[C@H](O)[C@H](O)CO. The van der Waals surface area contributed by atoms with Gasteiger partial charge in [0.05, 0.1) is 12.7 Å². The van der Waals surface area contributed by atoms with E-state index < -0.39 is 24.9 Å². The van der Waals surface area contributed by atoms with E-state index in [1.165, 1.54) is 0 Å². The van der Waals surface area contributed by atoms with Crippen molar-refractivity contribution in [3.05, 3.63) is 0 Å². The summed E-state index contributed by atoms with van der Waals surface area (Å²) in [7, 11) is 0. The highest BCUT2D eigenvalue weighted by Crippen LogP contribution is 1.97. The highest BCUT2D eigenvalue weighted by atomic mass is 16.4. The first-order valence-corrected chi connectivity index (χ1v) is 3.18. The van der Waals surface area contributed by atoms with Crippen LogP contribution in [0.25, 0.3) is 0 Å². The molecule has 0 spiro atoms. The summed E-state index contributed by atoms with van der Waals surface area (Å²) in [5, 5.41) is 35.3. The molecule has 6 nitrogen and oxygen atoms in total. The number of aliphatic hydroxyl groups is 4. The van der Waals surface area contributed by atoms with Crippen molar-refractivity contribution >= 4 is 0 Å². The van der Waals surface area contributed by atoms with E-state index in [1.54, 1.807) is 5.84 Å². The highest BCUT2D eigenvalue weighted by Gasteiger charge is 2.22. The maximum atomic E-state index is 9.04. The van der Waals surface area contributed by atoms with Crippen LogP contribution in [0.3, 0.4) is 0 Å². The number of nitrogens with one attached hydrogen (secondary N) is 1. The predicted molar refractivity (Wildman–Crippen MR) is 37.3 cm³/mol. The second-order valence-corrected chi connectivity index (χ2v) is 2.19. The number of hydrogen-bond acceptors (Lipinski definition) is 6. The fourth-order valence-corrected chi connectivity index (χ4v) is 0.590. The Bertz CT molecular complexity index is 118. The van der Waals surface area contributed by atoms with Gasteiger partial charge in [-0.3, -0.25) is 11.3 Å². The monoisotopic (exact) mass is 167 g/mol. The quantitative estimate of drug-likeness (QED) is 0.181. The molecule has 0 fully saturated rings. The molecule has 3 atom stereocenters. The van der Waals surface area contributed by atoms with Crippen LogP contribution in [0.15, 0.2) is 0 Å². The van der Waals surface area contributed by atoms with Crippen molar-refractivity contribution in [3.8, 4) is 0 Å². The van der Waals surface area contributed by atoms with Crippen molar-refractivity contribution < 1.29 is 21.8 Å². The van der Waals surface area contributed by atoms with Gasteiger partial charge in [0.2, 0.25) is 0 Å². The van der Waals surface area contributed by atoms with E-state index in [1.807, 2.05) is 0 Å². The molecule has 0 rings (SSSR count). The van der Waals surface area contributed by atoms with Crippen LogP contribution in [0.2, 0.25) is 1.41 Å². The first kappa shape index (κ1) is 8.85. The number of nitrogens with two attached hydrogens (primary N) is 1. The standard InChI is InChI=1S/C5H14N2O4/c6-7-1-3(9)5(11)4(10)2-8/h3-5,7-11H,1-2,6H2/t3-,4-,5+/m1/s1/i/hD. The molecule has 68 valence electrons. The lowest BCUT2D eigenvalue weighted by molar-refractivity contribution is -0.0749. The van der Waals surface area contributed by atoms with Gasteiger partial charge in [-0.1, -0.05) is 0 Å². The minimum atomic E-state index is -1.42. The third kappa shape index (κ3) is 3.61. The lowest BCUT2D eigenvalue weighted by Gasteiger charge is -2.20. The average Bonchev–Trinajstić information content (AvgIpc) is 2.11. The molecule has 11 heavy (non-hydrogen) atoms. The van der Waals surface area contributed by atoms with E-state index >= 15 is 0 Å². The highest BCUT2D eigenvalue weighted by molar-refractivity contribution is 4.75. The molecule has 0 heterocycles. The Hall–Kier alpha value is -0.240. The van der Waals surface area contributed by atoms with Gasteiger partial charge in [0.1, 0.15) is 13.6 Å². The van der Waals surface area contributed by atoms with Gasteiger partial charge in [-0.25, -0.2) is 0 Å². The summed E-state index contributed by atoms with van der Waals surface area (Å²) >= 11 is 0. The van der Waals surface area contributed by atoms with Crippen LogP contribution in [-0.2, 0) is 0 Å². The predicted octanol–water partition coefficient (Wildman–Crippen LogP) is -3.48. The van der Waals surface area contributed by atoms with Crippen molar-refractivity contribution in [3.63, 3.8) is 0 Å². The summed E-state index contributed by atoms with van der Waals surface area (Å²) in [6, 6.07) is 0. The Morgan fingerprint density at radius 1 is 1.36 bits per heavy atom. The molecule has 0 unspecified atom stereocenters. The van der Waals surface area contributed by atoms with Crippen molar-refractivity contribution in [1.82, 2.24) is 5.43 Å². The lowest BCUT2D eigenvalue weighted by atomic mass is 10.1. The third-order valence-electron chi connectivity index (χ3n) is 1.29. The van der Waals surface area contributed by atoms with Crippen LogP contribution in [0, 0.1) is 0 Å². The largest absolute Gasteiger partial charge is 0.394 e. The molecule has 0 radical (unpaired) electrons. The summed E-state index contributed by atoms with van der Waals surface area (Å²) in [6.45, 7) is -0.714. The minimum Gasteiger partial charge on any atom is -0.394 e. The van der Waals surface area contributed by atoms with E-state index in [-0.39, 0.29) is 6.54 Å². The van der Waals surface area contributed by atoms with Crippen molar-refractivity contribution in [2.75, 3.05) is 13.2 Å². The minimum absolute atomic E-state index is 0.0955. The van der Waals surface area contributed by atoms with Crippen LogP contribution in [0.5, 0.6) is 0 Å². The zero-order valence-corrected chi connectivity index (χ0v) is 5.94. The fourth-order valence-electron chi connectivity index (χ4n) is 0.590. The fraction of sp³-hybridized carbons (Fsp3) is 1.00. The van der Waals surface area contributed by atoms with Gasteiger partial charge in [-0.05, 0) is 0 Å². The Morgan fingerprint density at radius 3 is 2.45 bits per heavy atom. The molecule has 0 aromatic rings. The molecular weight excluding hydrogens is 152 g/mol. The smallest absolute Gasteiger partial charge is 0.137 e. The van der Waals surface area contributed by atoms with E-state index in [0.29, 0.717) is 0 Å². The number of hydrogen-bond donors (Lipinski definition) is 6. The molecule has 0 saturated heterocycles. The van der Waals surface area contributed by atoms with Crippen LogP contribution in [-0.4, -0.2) is 51.9 Å². The van der Waals surface area contributed by atoms with Gasteiger partial charge in [0.25, 0.3) is 0 Å². The molecule has 0 bridgehead atoms. The average molecular weight is 167 g/mol. The van der Waals surface area contributed by atoms with Crippen LogP contribution < -0.4 is 11.3 Å². The Balaban J connectivity index is 3.67. The molecule has 0 aliphatic carbocycles. The molecule has 6 heteroatoms. The van der Waals surface area contributed by atoms with Crippen molar-refractivity contribution in [1.29, 1.82) is 0 Å². The molecule has 0 aromatic heterocycles. The maximum absolute atomic E-state index is 9.04. The van der Waals surface area contributed by atoms with Crippen LogP contribution in [0.4, 0.5) is 0 Å². The van der Waals surface area contributed by atoms with Crippen molar-refractivity contribution in [2.45, 2.75) is 18.3 Å². The second kappa shape index (κ2) is 5.42. The van der Waals surface area contributed by atoms with Crippen molar-refractivity contribution in [2.24, 2.45) is 5.84 Å². The summed E-state index contributed by atoms with van der Waals surface area (Å²) in [5.41, 5.74) is 2.22. The zero-order chi connectivity index (χ0) is 9.56. The van der Waals surface area contributed by atoms with Gasteiger partial charge < -0.3 is 20.4 Å². The van der Waals surface area contributed by atoms with Crippen LogP contribution in [0.1, 0.15) is 0 Å². The van der Waals surface area contributed by atoms with E-state index in [4.69, 9.17) is 21.8 Å². The third-order valence-corrected chi connectivity index (χ3v) is 1.29. The Labute approximate surface area is 65.7 Å². The van der Waals surface area contributed by atoms with E-state index in [0.717, 1.165) is 0 Å². The molecule has 0 saturated carbocycles. The van der Waals surface area contributed by atoms with Gasteiger partial charge in [-0.2, -0.15) is 0 Å². The molecule has 0 aliphatic heterocycles. The summed E-state index contributed by atoms with van der Waals surface area (Å²) in [5.74, 6) is 1.80. The Kier molecular flexibility index (Phi) is 4.36. The molecule has 0 amide bonds. The first-order valence-electron chi connectivity index (χ1n) is 3.68. The Morgan fingerprint density at radius 2 is 2.00 bits per heavy atom. The topological polar surface area (TPSA) is 119 Å². The van der Waals surface area contributed by atoms with E-state index in [2.05, 4.69) is 5.43 Å². The molecule has 7 N–H and O–H groups in total. The number of rotatable bonds is 6. The number of hydrazine groups is 1.